The summed E-state index contributed by atoms with van der Waals surface area (Å²) in [6.07, 6.45) is 1.05. The number of carbonyl (C=O) groups excluding carboxylic acids is 1. The van der Waals surface area contributed by atoms with E-state index < -0.39 is 5.60 Å². The first-order valence-corrected chi connectivity index (χ1v) is 8.75. The van der Waals surface area contributed by atoms with Crippen molar-refractivity contribution < 1.29 is 19.1 Å². The summed E-state index contributed by atoms with van der Waals surface area (Å²) in [7, 11) is 0. The van der Waals surface area contributed by atoms with E-state index in [1.54, 1.807) is 12.1 Å². The Morgan fingerprint density at radius 3 is 2.72 bits per heavy atom. The highest BCUT2D eigenvalue weighted by atomic mass is 16.5. The number of ether oxygens (including phenoxy) is 1. The summed E-state index contributed by atoms with van der Waals surface area (Å²) < 4.78 is 11.0. The molecular weight excluding hydrogens is 318 g/mol. The molecule has 1 aliphatic rings. The largest absolute Gasteiger partial charge is 0.451 e. The molecular formula is C20H25NO4. The second-order valence-corrected chi connectivity index (χ2v) is 6.96. The summed E-state index contributed by atoms with van der Waals surface area (Å²) in [4.78, 5) is 12.3. The van der Waals surface area contributed by atoms with Gasteiger partial charge in [0.1, 0.15) is 5.76 Å². The standard InChI is InChI=1S/C20H25NO4/c1-14(2)15-4-3-5-16(12-15)17-6-7-18(25-17)19(22)21-13-20(23)8-10-24-11-9-20/h3-7,12,14,23H,8-11,13H2,1-2H3,(H,21,22). The van der Waals surface area contributed by atoms with Crippen LogP contribution in [0.5, 0.6) is 0 Å². The van der Waals surface area contributed by atoms with E-state index in [0.717, 1.165) is 5.56 Å². The molecule has 0 spiro atoms. The smallest absolute Gasteiger partial charge is 0.287 e. The number of amides is 1. The van der Waals surface area contributed by atoms with Crippen molar-refractivity contribution in [1.29, 1.82) is 0 Å². The van der Waals surface area contributed by atoms with Crippen molar-refractivity contribution in [2.75, 3.05) is 19.8 Å². The number of rotatable bonds is 5. The summed E-state index contributed by atoms with van der Waals surface area (Å²) in [5.41, 5.74) is 1.28. The molecule has 1 aromatic heterocycles. The zero-order valence-corrected chi connectivity index (χ0v) is 14.7. The fourth-order valence-corrected chi connectivity index (χ4v) is 2.93. The monoisotopic (exact) mass is 343 g/mol. The summed E-state index contributed by atoms with van der Waals surface area (Å²) in [6.45, 7) is 5.52. The van der Waals surface area contributed by atoms with Gasteiger partial charge >= 0.3 is 0 Å². The molecule has 5 heteroatoms. The van der Waals surface area contributed by atoms with Gasteiger partial charge in [-0.05, 0) is 29.7 Å². The molecule has 0 unspecified atom stereocenters. The number of aliphatic hydroxyl groups is 1. The van der Waals surface area contributed by atoms with Crippen LogP contribution >= 0.6 is 0 Å². The molecule has 134 valence electrons. The summed E-state index contributed by atoms with van der Waals surface area (Å²) in [6, 6.07) is 11.6. The third-order valence-corrected chi connectivity index (χ3v) is 4.67. The van der Waals surface area contributed by atoms with Gasteiger partial charge in [0.15, 0.2) is 5.76 Å². The molecule has 0 aliphatic carbocycles. The minimum absolute atomic E-state index is 0.202. The Morgan fingerprint density at radius 1 is 1.24 bits per heavy atom. The SMILES string of the molecule is CC(C)c1cccc(-c2ccc(C(=O)NCC3(O)CCOCC3)o2)c1. The second kappa shape index (κ2) is 7.42. The van der Waals surface area contributed by atoms with Crippen molar-refractivity contribution in [2.24, 2.45) is 0 Å². The van der Waals surface area contributed by atoms with Gasteiger partial charge in [-0.25, -0.2) is 0 Å². The molecule has 1 fully saturated rings. The van der Waals surface area contributed by atoms with E-state index >= 15 is 0 Å². The first-order valence-electron chi connectivity index (χ1n) is 8.75. The molecule has 25 heavy (non-hydrogen) atoms. The normalized spacial score (nSPS) is 16.8. The van der Waals surface area contributed by atoms with E-state index in [0.29, 0.717) is 37.7 Å². The Kier molecular flexibility index (Phi) is 5.25. The number of furan rings is 1. The molecule has 2 N–H and O–H groups in total. The van der Waals surface area contributed by atoms with E-state index in [4.69, 9.17) is 9.15 Å². The van der Waals surface area contributed by atoms with Gasteiger partial charge in [0.05, 0.1) is 5.60 Å². The van der Waals surface area contributed by atoms with Crippen LogP contribution in [0.2, 0.25) is 0 Å². The van der Waals surface area contributed by atoms with Crippen molar-refractivity contribution in [3.63, 3.8) is 0 Å². The first kappa shape index (κ1) is 17.7. The lowest BCUT2D eigenvalue weighted by atomic mass is 9.94. The van der Waals surface area contributed by atoms with Crippen LogP contribution in [0.1, 0.15) is 48.7 Å². The number of nitrogens with one attached hydrogen (secondary N) is 1. The van der Waals surface area contributed by atoms with Gasteiger partial charge in [-0.1, -0.05) is 32.0 Å². The molecule has 2 heterocycles. The van der Waals surface area contributed by atoms with Crippen LogP contribution in [0.3, 0.4) is 0 Å². The van der Waals surface area contributed by atoms with Gasteiger partial charge in [0.2, 0.25) is 0 Å². The van der Waals surface area contributed by atoms with Gasteiger partial charge in [-0.3, -0.25) is 4.79 Å². The molecule has 0 saturated carbocycles. The van der Waals surface area contributed by atoms with Crippen LogP contribution in [0.4, 0.5) is 0 Å². The average molecular weight is 343 g/mol. The Balaban J connectivity index is 1.66. The van der Waals surface area contributed by atoms with E-state index in [1.165, 1.54) is 5.56 Å². The zero-order valence-electron chi connectivity index (χ0n) is 14.7. The quantitative estimate of drug-likeness (QED) is 0.873. The summed E-state index contributed by atoms with van der Waals surface area (Å²) in [5.74, 6) is 1.03. The molecule has 0 bridgehead atoms. The molecule has 5 nitrogen and oxygen atoms in total. The highest BCUT2D eigenvalue weighted by Gasteiger charge is 2.30. The second-order valence-electron chi connectivity index (χ2n) is 6.96. The number of carbonyl (C=O) groups is 1. The fraction of sp³-hybridized carbons (Fsp3) is 0.450. The molecule has 1 saturated heterocycles. The van der Waals surface area contributed by atoms with Crippen LogP contribution in [-0.4, -0.2) is 36.4 Å². The third kappa shape index (κ3) is 4.30. The lowest BCUT2D eigenvalue weighted by molar-refractivity contribution is -0.0605. The van der Waals surface area contributed by atoms with E-state index in [2.05, 4.69) is 31.3 Å². The van der Waals surface area contributed by atoms with Crippen LogP contribution in [-0.2, 0) is 4.74 Å². The number of hydrogen-bond donors (Lipinski definition) is 2. The predicted octanol–water partition coefficient (Wildman–Crippen LogP) is 3.34. The van der Waals surface area contributed by atoms with Gasteiger partial charge in [0.25, 0.3) is 5.91 Å². The van der Waals surface area contributed by atoms with Crippen LogP contribution in [0, 0.1) is 0 Å². The van der Waals surface area contributed by atoms with Crippen molar-refractivity contribution in [1.82, 2.24) is 5.32 Å². The van der Waals surface area contributed by atoms with Crippen LogP contribution < -0.4 is 5.32 Å². The third-order valence-electron chi connectivity index (χ3n) is 4.67. The average Bonchev–Trinajstić information content (AvgIpc) is 3.11. The molecule has 3 rings (SSSR count). The minimum Gasteiger partial charge on any atom is -0.451 e. The Hall–Kier alpha value is -2.11. The van der Waals surface area contributed by atoms with Gasteiger partial charge < -0.3 is 19.6 Å². The lowest BCUT2D eigenvalue weighted by Gasteiger charge is -2.31. The maximum Gasteiger partial charge on any atom is 0.287 e. The van der Waals surface area contributed by atoms with Crippen molar-refractivity contribution in [2.45, 2.75) is 38.2 Å². The molecule has 1 aliphatic heterocycles. The van der Waals surface area contributed by atoms with Gasteiger partial charge in [-0.15, -0.1) is 0 Å². The zero-order chi connectivity index (χ0) is 17.9. The van der Waals surface area contributed by atoms with Crippen LogP contribution in [0.15, 0.2) is 40.8 Å². The number of benzene rings is 1. The highest BCUT2D eigenvalue weighted by molar-refractivity contribution is 5.92. The van der Waals surface area contributed by atoms with Crippen molar-refractivity contribution >= 4 is 5.91 Å². The molecule has 1 aromatic carbocycles. The van der Waals surface area contributed by atoms with Gasteiger partial charge in [0, 0.05) is 38.2 Å². The molecule has 0 radical (unpaired) electrons. The van der Waals surface area contributed by atoms with Crippen LogP contribution in [0.25, 0.3) is 11.3 Å². The molecule has 0 atom stereocenters. The highest BCUT2D eigenvalue weighted by Crippen LogP contribution is 2.26. The van der Waals surface area contributed by atoms with Crippen molar-refractivity contribution in [3.05, 3.63) is 47.7 Å². The van der Waals surface area contributed by atoms with Gasteiger partial charge in [-0.2, -0.15) is 0 Å². The number of hydrogen-bond acceptors (Lipinski definition) is 4. The summed E-state index contributed by atoms with van der Waals surface area (Å²) >= 11 is 0. The minimum atomic E-state index is -0.894. The molecule has 2 aromatic rings. The molecule has 1 amide bonds. The van der Waals surface area contributed by atoms with E-state index in [9.17, 15) is 9.90 Å². The van der Waals surface area contributed by atoms with E-state index in [1.807, 2.05) is 12.1 Å². The Bertz CT molecular complexity index is 729. The topological polar surface area (TPSA) is 71.7 Å². The lowest BCUT2D eigenvalue weighted by Crippen LogP contribution is -2.46. The predicted molar refractivity (Wildman–Crippen MR) is 95.6 cm³/mol. The first-order chi connectivity index (χ1) is 12.0. The maximum atomic E-state index is 12.3. The van der Waals surface area contributed by atoms with Crippen molar-refractivity contribution in [3.8, 4) is 11.3 Å². The summed E-state index contributed by atoms with van der Waals surface area (Å²) in [5, 5.41) is 13.2. The van der Waals surface area contributed by atoms with E-state index in [-0.39, 0.29) is 18.2 Å². The Morgan fingerprint density at radius 2 is 2.00 bits per heavy atom. The maximum absolute atomic E-state index is 12.3. The Labute approximate surface area is 148 Å². The fourth-order valence-electron chi connectivity index (χ4n) is 2.93.